The fourth-order valence-electron chi connectivity index (χ4n) is 2.22. The lowest BCUT2D eigenvalue weighted by Crippen LogP contribution is -2.23. The largest absolute Gasteiger partial charge is 0.490 e. The lowest BCUT2D eigenvalue weighted by atomic mass is 9.89. The Bertz CT molecular complexity index is 311. The van der Waals surface area contributed by atoms with Crippen LogP contribution in [0.2, 0.25) is 0 Å². The van der Waals surface area contributed by atoms with Gasteiger partial charge in [-0.1, -0.05) is 25.1 Å². The van der Waals surface area contributed by atoms with Gasteiger partial charge in [-0.05, 0) is 50.2 Å². The summed E-state index contributed by atoms with van der Waals surface area (Å²) in [5, 5.41) is 0. The molecule has 1 nitrogen and oxygen atoms in total. The van der Waals surface area contributed by atoms with Crippen LogP contribution in [0.25, 0.3) is 0 Å². The molecule has 15 heavy (non-hydrogen) atoms. The number of hydrogen-bond donors (Lipinski definition) is 0. The van der Waals surface area contributed by atoms with Crippen LogP contribution in [0, 0.1) is 12.8 Å². The summed E-state index contributed by atoms with van der Waals surface area (Å²) in [6.07, 6.45) is 5.51. The van der Waals surface area contributed by atoms with E-state index in [1.165, 1.54) is 31.2 Å². The minimum absolute atomic E-state index is 0.447. The van der Waals surface area contributed by atoms with Crippen molar-refractivity contribution >= 4 is 0 Å². The van der Waals surface area contributed by atoms with Crippen LogP contribution >= 0.6 is 0 Å². The molecular formula is C14H20O. The van der Waals surface area contributed by atoms with E-state index in [-0.39, 0.29) is 0 Å². The molecule has 1 aliphatic carbocycles. The van der Waals surface area contributed by atoms with Crippen LogP contribution in [0.3, 0.4) is 0 Å². The Labute approximate surface area is 92.5 Å². The Balaban J connectivity index is 1.95. The van der Waals surface area contributed by atoms with Crippen molar-refractivity contribution in [3.8, 4) is 5.75 Å². The SMILES string of the molecule is Cc1ccccc1OC1CCC(C)CC1. The zero-order chi connectivity index (χ0) is 10.7. The highest BCUT2D eigenvalue weighted by atomic mass is 16.5. The third kappa shape index (κ3) is 2.74. The molecule has 1 heteroatoms. The van der Waals surface area contributed by atoms with Gasteiger partial charge in [-0.15, -0.1) is 0 Å². The van der Waals surface area contributed by atoms with E-state index in [4.69, 9.17) is 4.74 Å². The molecule has 0 bridgehead atoms. The lowest BCUT2D eigenvalue weighted by Gasteiger charge is -2.27. The minimum atomic E-state index is 0.447. The smallest absolute Gasteiger partial charge is 0.122 e. The standard InChI is InChI=1S/C14H20O/c1-11-7-9-13(10-8-11)15-14-6-4-3-5-12(14)2/h3-6,11,13H,7-10H2,1-2H3. The van der Waals surface area contributed by atoms with E-state index in [0.717, 1.165) is 11.7 Å². The Hall–Kier alpha value is -0.980. The predicted molar refractivity (Wildman–Crippen MR) is 63.2 cm³/mol. The first-order chi connectivity index (χ1) is 7.25. The van der Waals surface area contributed by atoms with Crippen molar-refractivity contribution in [2.75, 3.05) is 0 Å². The molecule has 0 radical (unpaired) electrons. The molecule has 0 spiro atoms. The van der Waals surface area contributed by atoms with Crippen molar-refractivity contribution in [3.63, 3.8) is 0 Å². The van der Waals surface area contributed by atoms with Crippen LogP contribution < -0.4 is 4.74 Å². The zero-order valence-electron chi connectivity index (χ0n) is 9.70. The first-order valence-electron chi connectivity index (χ1n) is 5.98. The quantitative estimate of drug-likeness (QED) is 0.708. The molecular weight excluding hydrogens is 184 g/mol. The monoisotopic (exact) mass is 204 g/mol. The summed E-state index contributed by atoms with van der Waals surface area (Å²) in [6.45, 7) is 4.45. The van der Waals surface area contributed by atoms with Crippen LogP contribution in [0.1, 0.15) is 38.2 Å². The molecule has 0 heterocycles. The van der Waals surface area contributed by atoms with Crippen LogP contribution in [-0.4, -0.2) is 6.10 Å². The fourth-order valence-corrected chi connectivity index (χ4v) is 2.22. The predicted octanol–water partition coefficient (Wildman–Crippen LogP) is 3.95. The highest BCUT2D eigenvalue weighted by Crippen LogP contribution is 2.28. The first-order valence-corrected chi connectivity index (χ1v) is 5.98. The highest BCUT2D eigenvalue weighted by Gasteiger charge is 2.19. The maximum Gasteiger partial charge on any atom is 0.122 e. The van der Waals surface area contributed by atoms with E-state index >= 15 is 0 Å². The average Bonchev–Trinajstić information content (AvgIpc) is 2.25. The van der Waals surface area contributed by atoms with Gasteiger partial charge in [-0.25, -0.2) is 0 Å². The van der Waals surface area contributed by atoms with E-state index in [0.29, 0.717) is 6.10 Å². The summed E-state index contributed by atoms with van der Waals surface area (Å²) in [4.78, 5) is 0. The fraction of sp³-hybridized carbons (Fsp3) is 0.571. The Morgan fingerprint density at radius 3 is 2.40 bits per heavy atom. The number of benzene rings is 1. The van der Waals surface area contributed by atoms with Crippen molar-refractivity contribution < 1.29 is 4.74 Å². The van der Waals surface area contributed by atoms with Crippen LogP contribution in [0.15, 0.2) is 24.3 Å². The van der Waals surface area contributed by atoms with Crippen molar-refractivity contribution in [2.45, 2.75) is 45.6 Å². The van der Waals surface area contributed by atoms with Gasteiger partial charge < -0.3 is 4.74 Å². The summed E-state index contributed by atoms with van der Waals surface area (Å²) in [6, 6.07) is 8.30. The third-order valence-corrected chi connectivity index (χ3v) is 3.35. The molecule has 0 N–H and O–H groups in total. The van der Waals surface area contributed by atoms with Crippen LogP contribution in [-0.2, 0) is 0 Å². The van der Waals surface area contributed by atoms with Gasteiger partial charge in [0.2, 0.25) is 0 Å². The Morgan fingerprint density at radius 1 is 1.07 bits per heavy atom. The van der Waals surface area contributed by atoms with Gasteiger partial charge in [-0.2, -0.15) is 0 Å². The highest BCUT2D eigenvalue weighted by molar-refractivity contribution is 5.31. The Kier molecular flexibility index (Phi) is 3.30. The summed E-state index contributed by atoms with van der Waals surface area (Å²) in [7, 11) is 0. The van der Waals surface area contributed by atoms with Crippen LogP contribution in [0.5, 0.6) is 5.75 Å². The number of aryl methyl sites for hydroxylation is 1. The second kappa shape index (κ2) is 4.69. The van der Waals surface area contributed by atoms with Crippen molar-refractivity contribution in [3.05, 3.63) is 29.8 Å². The summed E-state index contributed by atoms with van der Waals surface area (Å²) >= 11 is 0. The molecule has 0 unspecified atom stereocenters. The second-order valence-electron chi connectivity index (χ2n) is 4.77. The molecule has 1 aromatic rings. The van der Waals surface area contributed by atoms with Gasteiger partial charge in [0, 0.05) is 0 Å². The van der Waals surface area contributed by atoms with Crippen LogP contribution in [0.4, 0.5) is 0 Å². The molecule has 0 amide bonds. The maximum atomic E-state index is 6.03. The van der Waals surface area contributed by atoms with Crippen molar-refractivity contribution in [2.24, 2.45) is 5.92 Å². The van der Waals surface area contributed by atoms with Gasteiger partial charge in [-0.3, -0.25) is 0 Å². The Morgan fingerprint density at radius 2 is 1.73 bits per heavy atom. The molecule has 0 saturated heterocycles. The summed E-state index contributed by atoms with van der Waals surface area (Å²) in [5.74, 6) is 1.96. The second-order valence-corrected chi connectivity index (χ2v) is 4.77. The summed E-state index contributed by atoms with van der Waals surface area (Å²) in [5.41, 5.74) is 1.25. The number of rotatable bonds is 2. The van der Waals surface area contributed by atoms with E-state index in [1.807, 2.05) is 6.07 Å². The molecule has 1 fully saturated rings. The molecule has 1 aromatic carbocycles. The van der Waals surface area contributed by atoms with Gasteiger partial charge in [0.15, 0.2) is 0 Å². The molecule has 0 aliphatic heterocycles. The molecule has 0 atom stereocenters. The average molecular weight is 204 g/mol. The van der Waals surface area contributed by atoms with Crippen molar-refractivity contribution in [1.82, 2.24) is 0 Å². The molecule has 2 rings (SSSR count). The topological polar surface area (TPSA) is 9.23 Å². The van der Waals surface area contributed by atoms with Gasteiger partial charge in [0.1, 0.15) is 5.75 Å². The number of hydrogen-bond acceptors (Lipinski definition) is 1. The van der Waals surface area contributed by atoms with E-state index in [1.54, 1.807) is 0 Å². The third-order valence-electron chi connectivity index (χ3n) is 3.35. The van der Waals surface area contributed by atoms with Gasteiger partial charge in [0.05, 0.1) is 6.10 Å². The molecule has 1 saturated carbocycles. The van der Waals surface area contributed by atoms with E-state index in [9.17, 15) is 0 Å². The summed E-state index contributed by atoms with van der Waals surface area (Å²) < 4.78 is 6.03. The van der Waals surface area contributed by atoms with E-state index in [2.05, 4.69) is 32.0 Å². The molecule has 82 valence electrons. The van der Waals surface area contributed by atoms with Crippen molar-refractivity contribution in [1.29, 1.82) is 0 Å². The normalized spacial score (nSPS) is 26.3. The first kappa shape index (κ1) is 10.5. The zero-order valence-corrected chi connectivity index (χ0v) is 9.70. The lowest BCUT2D eigenvalue weighted by molar-refractivity contribution is 0.134. The van der Waals surface area contributed by atoms with Gasteiger partial charge >= 0.3 is 0 Å². The number of ether oxygens (including phenoxy) is 1. The van der Waals surface area contributed by atoms with Gasteiger partial charge in [0.25, 0.3) is 0 Å². The number of para-hydroxylation sites is 1. The van der Waals surface area contributed by atoms with E-state index < -0.39 is 0 Å². The minimum Gasteiger partial charge on any atom is -0.490 e. The molecule has 1 aliphatic rings. The maximum absolute atomic E-state index is 6.03. The molecule has 0 aromatic heterocycles.